The van der Waals surface area contributed by atoms with E-state index in [1.54, 1.807) is 7.11 Å². The zero-order chi connectivity index (χ0) is 22.7. The largest absolute Gasteiger partial charge is 0.390 e. The summed E-state index contributed by atoms with van der Waals surface area (Å²) in [4.78, 5) is 0. The zero-order valence-electron chi connectivity index (χ0n) is 19.8. The van der Waals surface area contributed by atoms with Gasteiger partial charge in [-0.1, -0.05) is 32.4 Å². The molecule has 3 fully saturated rings. The number of aliphatic hydroxyl groups is 2. The fourth-order valence-electron chi connectivity index (χ4n) is 8.44. The Kier molecular flexibility index (Phi) is 6.14. The minimum absolute atomic E-state index is 0.0638. The fourth-order valence-corrected chi connectivity index (χ4v) is 8.44. The van der Waals surface area contributed by atoms with Crippen LogP contribution in [-0.2, 0) is 4.74 Å². The van der Waals surface area contributed by atoms with Gasteiger partial charge in [-0.2, -0.15) is 0 Å². The highest BCUT2D eigenvalue weighted by atomic mass is 19.3. The zero-order valence-corrected chi connectivity index (χ0v) is 19.8. The van der Waals surface area contributed by atoms with Crippen molar-refractivity contribution in [1.82, 2.24) is 0 Å². The molecule has 31 heavy (non-hydrogen) atoms. The molecule has 0 amide bonds. The maximum atomic E-state index is 13.7. The Hall–Kier alpha value is -0.520. The van der Waals surface area contributed by atoms with Crippen LogP contribution < -0.4 is 0 Å². The van der Waals surface area contributed by atoms with Crippen molar-refractivity contribution in [1.29, 1.82) is 0 Å². The van der Waals surface area contributed by atoms with Crippen LogP contribution in [0.15, 0.2) is 11.6 Å². The summed E-state index contributed by atoms with van der Waals surface area (Å²) in [6.45, 7) is 5.76. The van der Waals surface area contributed by atoms with Crippen LogP contribution in [0.5, 0.6) is 0 Å². The summed E-state index contributed by atoms with van der Waals surface area (Å²) in [5.74, 6) is -0.850. The van der Waals surface area contributed by atoms with Crippen LogP contribution in [0.1, 0.15) is 85.0 Å². The molecule has 0 aromatic rings. The molecule has 0 bridgehead atoms. The predicted octanol–water partition coefficient (Wildman–Crippen LogP) is 5.74. The lowest BCUT2D eigenvalue weighted by molar-refractivity contribution is -0.148. The first-order chi connectivity index (χ1) is 14.5. The van der Waals surface area contributed by atoms with E-state index in [0.29, 0.717) is 42.9 Å². The highest BCUT2D eigenvalue weighted by Crippen LogP contribution is 2.67. The molecule has 0 spiro atoms. The first-order valence-corrected chi connectivity index (χ1v) is 12.5. The Morgan fingerprint density at radius 1 is 1.19 bits per heavy atom. The number of hydrogen-bond acceptors (Lipinski definition) is 3. The van der Waals surface area contributed by atoms with Crippen molar-refractivity contribution in [2.24, 2.45) is 34.5 Å². The number of halogens is 2. The minimum Gasteiger partial charge on any atom is -0.390 e. The summed E-state index contributed by atoms with van der Waals surface area (Å²) in [5.41, 5.74) is 0.849. The number of ether oxygens (including phenoxy) is 1. The van der Waals surface area contributed by atoms with E-state index >= 15 is 0 Å². The van der Waals surface area contributed by atoms with Crippen molar-refractivity contribution < 1.29 is 23.7 Å². The Morgan fingerprint density at radius 2 is 1.94 bits per heavy atom. The van der Waals surface area contributed by atoms with Gasteiger partial charge in [0.25, 0.3) is 5.92 Å². The third kappa shape index (κ3) is 3.71. The topological polar surface area (TPSA) is 49.7 Å². The van der Waals surface area contributed by atoms with Gasteiger partial charge in [-0.05, 0) is 85.9 Å². The van der Waals surface area contributed by atoms with E-state index in [1.807, 2.05) is 6.92 Å². The lowest BCUT2D eigenvalue weighted by Crippen LogP contribution is -2.57. The number of hydrogen-bond donors (Lipinski definition) is 2. The van der Waals surface area contributed by atoms with E-state index in [-0.39, 0.29) is 23.4 Å². The quantitative estimate of drug-likeness (QED) is 0.518. The normalized spacial score (nSPS) is 47.4. The molecule has 2 N–H and O–H groups in total. The van der Waals surface area contributed by atoms with Gasteiger partial charge in [0.1, 0.15) is 6.61 Å². The van der Waals surface area contributed by atoms with Gasteiger partial charge in [0, 0.05) is 20.0 Å². The second-order valence-electron chi connectivity index (χ2n) is 11.7. The molecule has 0 radical (unpaired) electrons. The van der Waals surface area contributed by atoms with E-state index < -0.39 is 18.1 Å². The second-order valence-corrected chi connectivity index (χ2v) is 11.7. The van der Waals surface area contributed by atoms with Crippen LogP contribution >= 0.6 is 0 Å². The Bertz CT molecular complexity index is 709. The summed E-state index contributed by atoms with van der Waals surface area (Å²) < 4.78 is 33.3. The van der Waals surface area contributed by atoms with Crippen LogP contribution in [0.2, 0.25) is 0 Å². The van der Waals surface area contributed by atoms with E-state index in [0.717, 1.165) is 38.5 Å². The van der Waals surface area contributed by atoms with E-state index in [4.69, 9.17) is 9.84 Å². The van der Waals surface area contributed by atoms with E-state index in [2.05, 4.69) is 19.9 Å². The average Bonchev–Trinajstić information content (AvgIpc) is 3.08. The van der Waals surface area contributed by atoms with Crippen molar-refractivity contribution in [3.63, 3.8) is 0 Å². The molecule has 0 saturated heterocycles. The van der Waals surface area contributed by atoms with Crippen molar-refractivity contribution in [2.75, 3.05) is 13.7 Å². The maximum absolute atomic E-state index is 13.7. The maximum Gasteiger partial charge on any atom is 0.270 e. The van der Waals surface area contributed by atoms with Crippen LogP contribution in [0.3, 0.4) is 0 Å². The smallest absolute Gasteiger partial charge is 0.270 e. The summed E-state index contributed by atoms with van der Waals surface area (Å²) in [6, 6.07) is 0. The lowest BCUT2D eigenvalue weighted by atomic mass is 9.46. The Labute approximate surface area is 186 Å². The Morgan fingerprint density at radius 3 is 2.58 bits per heavy atom. The van der Waals surface area contributed by atoms with Crippen LogP contribution in [0.25, 0.3) is 0 Å². The molecule has 0 aromatic heterocycles. The fraction of sp³-hybridized carbons (Fsp3) is 0.923. The number of methoxy groups -OCH3 is 1. The number of fused-ring (bicyclic) bond motifs is 5. The molecule has 3 saturated carbocycles. The van der Waals surface area contributed by atoms with Crippen LogP contribution in [0.4, 0.5) is 8.78 Å². The molecule has 4 aliphatic rings. The minimum atomic E-state index is -2.95. The average molecular weight is 441 g/mol. The Balaban J connectivity index is 1.55. The van der Waals surface area contributed by atoms with E-state index in [9.17, 15) is 13.9 Å². The standard InChI is InChI=1S/C26H42F2O3/c1-5-25(30)14-18-6-8-19-20-9-7-17(10-13-26(27,28)16-29)23(20,2)12-11-21(19)24(18,3)15-22(25)31-4/h6,17,19-22,29-30H,5,7-16H2,1-4H3/t17-,19+,20+,21+,22+,23-,24+,25-/m1/s1. The number of rotatable bonds is 6. The molecule has 0 unspecified atom stereocenters. The number of allylic oxidation sites excluding steroid dienone is 1. The van der Waals surface area contributed by atoms with Gasteiger partial charge in [-0.25, -0.2) is 8.78 Å². The van der Waals surface area contributed by atoms with Gasteiger partial charge in [0.2, 0.25) is 0 Å². The predicted molar refractivity (Wildman–Crippen MR) is 118 cm³/mol. The SMILES string of the molecule is CC[C@@]1(O)CC2=CC[C@H]3[C@@H]4CC[C@H](CCC(F)(F)CO)[C@@]4(C)CC[C@@H]3[C@@]2(C)C[C@@H]1OC. The van der Waals surface area contributed by atoms with Gasteiger partial charge in [0.05, 0.1) is 11.7 Å². The van der Waals surface area contributed by atoms with Crippen molar-refractivity contribution in [2.45, 2.75) is 103 Å². The number of alkyl halides is 2. The monoisotopic (exact) mass is 440 g/mol. The van der Waals surface area contributed by atoms with Crippen molar-refractivity contribution in [3.8, 4) is 0 Å². The summed E-state index contributed by atoms with van der Waals surface area (Å²) in [6.07, 6.45) is 10.4. The van der Waals surface area contributed by atoms with E-state index in [1.165, 1.54) is 5.57 Å². The van der Waals surface area contributed by atoms with Gasteiger partial charge in [-0.3, -0.25) is 0 Å². The molecular formula is C26H42F2O3. The summed E-state index contributed by atoms with van der Waals surface area (Å²) >= 11 is 0. The number of aliphatic hydroxyl groups excluding tert-OH is 1. The summed E-state index contributed by atoms with van der Waals surface area (Å²) in [5, 5.41) is 20.2. The summed E-state index contributed by atoms with van der Waals surface area (Å²) in [7, 11) is 1.73. The highest BCUT2D eigenvalue weighted by Gasteiger charge is 2.60. The molecule has 0 aliphatic heterocycles. The highest BCUT2D eigenvalue weighted by molar-refractivity contribution is 5.28. The van der Waals surface area contributed by atoms with Gasteiger partial charge in [0.15, 0.2) is 0 Å². The molecule has 5 heteroatoms. The molecule has 4 aliphatic carbocycles. The third-order valence-corrected chi connectivity index (χ3v) is 10.5. The molecule has 4 rings (SSSR count). The van der Waals surface area contributed by atoms with Gasteiger partial charge >= 0.3 is 0 Å². The van der Waals surface area contributed by atoms with Gasteiger partial charge in [-0.15, -0.1) is 0 Å². The molecule has 0 heterocycles. The third-order valence-electron chi connectivity index (χ3n) is 10.5. The molecule has 3 nitrogen and oxygen atoms in total. The van der Waals surface area contributed by atoms with Crippen molar-refractivity contribution in [3.05, 3.63) is 11.6 Å². The molecule has 178 valence electrons. The second kappa shape index (κ2) is 8.06. The molecular weight excluding hydrogens is 398 g/mol. The van der Waals surface area contributed by atoms with Crippen LogP contribution in [0, 0.1) is 34.5 Å². The lowest BCUT2D eigenvalue weighted by Gasteiger charge is -2.60. The van der Waals surface area contributed by atoms with Crippen LogP contribution in [-0.4, -0.2) is 41.6 Å². The first-order valence-electron chi connectivity index (χ1n) is 12.5. The molecule has 8 atom stereocenters. The van der Waals surface area contributed by atoms with Crippen molar-refractivity contribution >= 4 is 0 Å². The van der Waals surface area contributed by atoms with Gasteiger partial charge < -0.3 is 14.9 Å². The molecule has 0 aromatic carbocycles. The first kappa shape index (κ1) is 23.6.